The number of fused-ring (bicyclic) bond motifs is 1. The summed E-state index contributed by atoms with van der Waals surface area (Å²) in [5.74, 6) is 0.528. The van der Waals surface area contributed by atoms with Crippen molar-refractivity contribution in [2.45, 2.75) is 64.7 Å². The van der Waals surface area contributed by atoms with Crippen molar-refractivity contribution < 1.29 is 14.4 Å². The van der Waals surface area contributed by atoms with Crippen LogP contribution in [-0.4, -0.2) is 33.5 Å². The number of aromatic nitrogens is 3. The van der Waals surface area contributed by atoms with E-state index in [2.05, 4.69) is 28.8 Å². The zero-order valence-corrected chi connectivity index (χ0v) is 17.3. The number of benzene rings is 1. The molecule has 1 aromatic heterocycles. The highest BCUT2D eigenvalue weighted by atomic mass is 32.1. The van der Waals surface area contributed by atoms with E-state index in [9.17, 15) is 4.79 Å². The SMILES string of the molecule is CCOC(=O)Cc1nn(C[NH+]2CCc3ccccc3C2)c(=S)n1C1CCCC1. The number of hydrogen-bond acceptors (Lipinski definition) is 4. The Balaban J connectivity index is 1.57. The highest BCUT2D eigenvalue weighted by molar-refractivity contribution is 7.71. The van der Waals surface area contributed by atoms with E-state index in [-0.39, 0.29) is 12.4 Å². The maximum Gasteiger partial charge on any atom is 0.313 e. The van der Waals surface area contributed by atoms with Gasteiger partial charge in [-0.2, -0.15) is 9.78 Å². The fourth-order valence-electron chi connectivity index (χ4n) is 4.55. The second-order valence-electron chi connectivity index (χ2n) is 7.84. The van der Waals surface area contributed by atoms with Crippen LogP contribution in [0.3, 0.4) is 0 Å². The van der Waals surface area contributed by atoms with Crippen molar-refractivity contribution in [1.82, 2.24) is 14.3 Å². The summed E-state index contributed by atoms with van der Waals surface area (Å²) in [4.78, 5) is 13.6. The van der Waals surface area contributed by atoms with E-state index in [0.29, 0.717) is 12.6 Å². The molecule has 1 fully saturated rings. The summed E-state index contributed by atoms with van der Waals surface area (Å²) < 4.78 is 9.98. The van der Waals surface area contributed by atoms with Gasteiger partial charge < -0.3 is 14.2 Å². The number of rotatable bonds is 6. The van der Waals surface area contributed by atoms with Crippen LogP contribution in [0.25, 0.3) is 0 Å². The van der Waals surface area contributed by atoms with E-state index in [1.807, 2.05) is 11.6 Å². The van der Waals surface area contributed by atoms with Gasteiger partial charge in [-0.05, 0) is 37.5 Å². The molecule has 2 aromatic rings. The maximum absolute atomic E-state index is 12.1. The predicted octanol–water partition coefficient (Wildman–Crippen LogP) is 2.23. The summed E-state index contributed by atoms with van der Waals surface area (Å²) in [5.41, 5.74) is 2.87. The number of carbonyl (C=O) groups excluding carboxylic acids is 1. The standard InChI is InChI=1S/C21H28N4O2S/c1-2-27-20(26)13-19-22-24(21(28)25(19)18-9-5-6-10-18)15-23-12-11-16-7-3-4-8-17(16)14-23/h3-4,7-8,18H,2,5-6,9-15H2,1H3/p+1. The van der Waals surface area contributed by atoms with Gasteiger partial charge in [0.25, 0.3) is 0 Å². The van der Waals surface area contributed by atoms with Crippen LogP contribution in [-0.2, 0) is 35.6 Å². The molecule has 28 heavy (non-hydrogen) atoms. The summed E-state index contributed by atoms with van der Waals surface area (Å²) in [7, 11) is 0. The van der Waals surface area contributed by atoms with E-state index in [4.69, 9.17) is 22.1 Å². The number of carbonyl (C=O) groups is 1. The first-order valence-electron chi connectivity index (χ1n) is 10.4. The van der Waals surface area contributed by atoms with Gasteiger partial charge in [0.05, 0.1) is 13.2 Å². The molecule has 1 aliphatic carbocycles. The molecule has 4 rings (SSSR count). The van der Waals surface area contributed by atoms with Crippen LogP contribution < -0.4 is 4.90 Å². The molecule has 1 aliphatic heterocycles. The zero-order chi connectivity index (χ0) is 19.5. The molecule has 1 atom stereocenters. The van der Waals surface area contributed by atoms with Gasteiger partial charge in [0.2, 0.25) is 4.77 Å². The third kappa shape index (κ3) is 4.05. The first kappa shape index (κ1) is 19.3. The van der Waals surface area contributed by atoms with Crippen LogP contribution in [0.2, 0.25) is 0 Å². The largest absolute Gasteiger partial charge is 0.466 e. The van der Waals surface area contributed by atoms with Crippen LogP contribution in [0.4, 0.5) is 0 Å². The van der Waals surface area contributed by atoms with Crippen LogP contribution in [0, 0.1) is 4.77 Å². The van der Waals surface area contributed by atoms with E-state index in [1.54, 1.807) is 0 Å². The van der Waals surface area contributed by atoms with E-state index in [0.717, 1.165) is 49.6 Å². The molecule has 2 aliphatic rings. The monoisotopic (exact) mass is 401 g/mol. The van der Waals surface area contributed by atoms with Gasteiger partial charge in [0.1, 0.15) is 18.8 Å². The molecule has 1 aromatic carbocycles. The molecular formula is C21H29N4O2S+. The Kier molecular flexibility index (Phi) is 5.92. The summed E-state index contributed by atoms with van der Waals surface area (Å²) in [6.07, 6.45) is 5.92. The molecule has 1 saturated carbocycles. The molecule has 1 unspecified atom stereocenters. The molecular weight excluding hydrogens is 372 g/mol. The number of quaternary nitrogens is 1. The number of nitrogens with zero attached hydrogens (tertiary/aromatic N) is 3. The van der Waals surface area contributed by atoms with Gasteiger partial charge in [-0.15, -0.1) is 0 Å². The molecule has 2 heterocycles. The van der Waals surface area contributed by atoms with Crippen LogP contribution in [0.1, 0.15) is 55.6 Å². The third-order valence-electron chi connectivity index (χ3n) is 5.92. The van der Waals surface area contributed by atoms with E-state index in [1.165, 1.54) is 28.9 Å². The van der Waals surface area contributed by atoms with Gasteiger partial charge in [0.15, 0.2) is 6.67 Å². The van der Waals surface area contributed by atoms with Gasteiger partial charge in [-0.25, -0.2) is 0 Å². The lowest BCUT2D eigenvalue weighted by atomic mass is 10.0. The molecule has 0 amide bonds. The van der Waals surface area contributed by atoms with Crippen molar-refractivity contribution in [1.29, 1.82) is 0 Å². The van der Waals surface area contributed by atoms with Crippen molar-refractivity contribution in [2.24, 2.45) is 0 Å². The Morgan fingerprint density at radius 1 is 1.29 bits per heavy atom. The van der Waals surface area contributed by atoms with Gasteiger partial charge >= 0.3 is 5.97 Å². The Morgan fingerprint density at radius 2 is 2.04 bits per heavy atom. The summed E-state index contributed by atoms with van der Waals surface area (Å²) in [6.45, 7) is 5.02. The molecule has 6 nitrogen and oxygen atoms in total. The minimum atomic E-state index is -0.229. The topological polar surface area (TPSA) is 53.5 Å². The molecule has 1 N–H and O–H groups in total. The van der Waals surface area contributed by atoms with Crippen molar-refractivity contribution in [3.63, 3.8) is 0 Å². The first-order valence-corrected chi connectivity index (χ1v) is 10.8. The minimum absolute atomic E-state index is 0.194. The Hall–Kier alpha value is -1.99. The fourth-order valence-corrected chi connectivity index (χ4v) is 4.91. The first-order chi connectivity index (χ1) is 13.7. The lowest BCUT2D eigenvalue weighted by Crippen LogP contribution is -3.11. The molecule has 150 valence electrons. The smallest absolute Gasteiger partial charge is 0.313 e. The predicted molar refractivity (Wildman–Crippen MR) is 109 cm³/mol. The maximum atomic E-state index is 12.1. The highest BCUT2D eigenvalue weighted by Gasteiger charge is 2.26. The molecule has 7 heteroatoms. The highest BCUT2D eigenvalue weighted by Crippen LogP contribution is 2.31. The van der Waals surface area contributed by atoms with E-state index < -0.39 is 0 Å². The summed E-state index contributed by atoms with van der Waals surface area (Å²) in [5, 5.41) is 4.78. The average Bonchev–Trinajstić information content (AvgIpc) is 3.30. The Morgan fingerprint density at radius 3 is 2.79 bits per heavy atom. The van der Waals surface area contributed by atoms with Gasteiger partial charge in [0, 0.05) is 18.0 Å². The quantitative estimate of drug-likeness (QED) is 0.596. The van der Waals surface area contributed by atoms with Crippen molar-refractivity contribution >= 4 is 18.2 Å². The molecule has 0 saturated heterocycles. The Labute approximate surface area is 171 Å². The van der Waals surface area contributed by atoms with Gasteiger partial charge in [-0.3, -0.25) is 4.79 Å². The number of esters is 1. The number of nitrogens with one attached hydrogen (secondary N) is 1. The molecule has 0 bridgehead atoms. The lowest BCUT2D eigenvalue weighted by Gasteiger charge is -2.25. The van der Waals surface area contributed by atoms with Crippen LogP contribution in [0.5, 0.6) is 0 Å². The van der Waals surface area contributed by atoms with Crippen molar-refractivity contribution in [3.05, 3.63) is 46.0 Å². The zero-order valence-electron chi connectivity index (χ0n) is 16.5. The summed E-state index contributed by atoms with van der Waals surface area (Å²) >= 11 is 5.81. The van der Waals surface area contributed by atoms with Gasteiger partial charge in [-0.1, -0.05) is 37.1 Å². The van der Waals surface area contributed by atoms with Crippen LogP contribution in [0.15, 0.2) is 24.3 Å². The number of hydrogen-bond donors (Lipinski definition) is 1. The van der Waals surface area contributed by atoms with Crippen molar-refractivity contribution in [3.8, 4) is 0 Å². The second kappa shape index (κ2) is 8.57. The Bertz CT molecular complexity index is 898. The average molecular weight is 402 g/mol. The van der Waals surface area contributed by atoms with Crippen LogP contribution >= 0.6 is 12.2 Å². The molecule has 0 spiro atoms. The third-order valence-corrected chi connectivity index (χ3v) is 6.33. The normalized spacial score (nSPS) is 19.5. The minimum Gasteiger partial charge on any atom is -0.466 e. The molecule has 0 radical (unpaired) electrons. The van der Waals surface area contributed by atoms with E-state index >= 15 is 0 Å². The summed E-state index contributed by atoms with van der Waals surface area (Å²) in [6, 6.07) is 9.04. The lowest BCUT2D eigenvalue weighted by molar-refractivity contribution is -0.939. The van der Waals surface area contributed by atoms with Crippen molar-refractivity contribution in [2.75, 3.05) is 13.2 Å². The second-order valence-corrected chi connectivity index (χ2v) is 8.21. The fraction of sp³-hybridized carbons (Fsp3) is 0.571. The number of ether oxygens (including phenoxy) is 1.